The number of para-hydroxylation sites is 1. The highest BCUT2D eigenvalue weighted by molar-refractivity contribution is 7.07. The topological polar surface area (TPSA) is 74.0 Å². The Morgan fingerprint density at radius 2 is 2.16 bits per heavy atom. The molecule has 100 valence electrons. The molecular formula is C12H12ClN3O2S. The first kappa shape index (κ1) is 13.8. The Kier molecular flexibility index (Phi) is 4.73. The lowest BCUT2D eigenvalue weighted by Gasteiger charge is -2.07. The number of anilines is 1. The third kappa shape index (κ3) is 4.20. The zero-order chi connectivity index (χ0) is 13.7. The number of H-pyrrole nitrogens is 1. The number of nitrogens with one attached hydrogen (secondary N) is 3. The van der Waals surface area contributed by atoms with Gasteiger partial charge in [-0.25, -0.2) is 0 Å². The van der Waals surface area contributed by atoms with Crippen LogP contribution < -0.4 is 15.5 Å². The van der Waals surface area contributed by atoms with Gasteiger partial charge in [-0.05, 0) is 12.1 Å². The molecule has 0 aliphatic heterocycles. The van der Waals surface area contributed by atoms with Gasteiger partial charge in [-0.3, -0.25) is 9.59 Å². The lowest BCUT2D eigenvalue weighted by molar-refractivity contribution is -0.115. The van der Waals surface area contributed by atoms with Crippen LogP contribution in [0.15, 0.2) is 34.4 Å². The van der Waals surface area contributed by atoms with Gasteiger partial charge in [0, 0.05) is 17.6 Å². The number of rotatable bonds is 5. The van der Waals surface area contributed by atoms with Crippen LogP contribution in [0.25, 0.3) is 0 Å². The Bertz CT molecular complexity index is 623. The Morgan fingerprint density at radius 1 is 1.37 bits per heavy atom. The molecule has 19 heavy (non-hydrogen) atoms. The highest BCUT2D eigenvalue weighted by Crippen LogP contribution is 2.19. The maximum absolute atomic E-state index is 11.7. The monoisotopic (exact) mass is 297 g/mol. The van der Waals surface area contributed by atoms with Crippen molar-refractivity contribution in [2.75, 3.05) is 11.9 Å². The van der Waals surface area contributed by atoms with Gasteiger partial charge < -0.3 is 15.6 Å². The summed E-state index contributed by atoms with van der Waals surface area (Å²) < 4.78 is 0. The van der Waals surface area contributed by atoms with Crippen LogP contribution in [0, 0.1) is 0 Å². The van der Waals surface area contributed by atoms with Crippen molar-refractivity contribution in [2.24, 2.45) is 0 Å². The summed E-state index contributed by atoms with van der Waals surface area (Å²) >= 11 is 7.03. The van der Waals surface area contributed by atoms with Crippen LogP contribution in [0.2, 0.25) is 5.02 Å². The van der Waals surface area contributed by atoms with Crippen molar-refractivity contribution >= 4 is 34.5 Å². The summed E-state index contributed by atoms with van der Waals surface area (Å²) in [7, 11) is 0. The fourth-order valence-electron chi connectivity index (χ4n) is 1.47. The normalized spacial score (nSPS) is 10.4. The van der Waals surface area contributed by atoms with E-state index in [0.717, 1.165) is 17.0 Å². The molecule has 5 nitrogen and oxygen atoms in total. The van der Waals surface area contributed by atoms with Gasteiger partial charge in [0.05, 0.1) is 17.3 Å². The van der Waals surface area contributed by atoms with Crippen molar-refractivity contribution in [2.45, 2.75) is 6.54 Å². The predicted octanol–water partition coefficient (Wildman–Crippen LogP) is 1.82. The van der Waals surface area contributed by atoms with Crippen molar-refractivity contribution in [1.29, 1.82) is 0 Å². The molecule has 3 N–H and O–H groups in total. The summed E-state index contributed by atoms with van der Waals surface area (Å²) in [4.78, 5) is 25.1. The number of benzene rings is 1. The number of thiazole rings is 1. The van der Waals surface area contributed by atoms with E-state index in [-0.39, 0.29) is 17.3 Å². The third-order valence-electron chi connectivity index (χ3n) is 2.32. The summed E-state index contributed by atoms with van der Waals surface area (Å²) in [5.74, 6) is -0.189. The second kappa shape index (κ2) is 6.51. The van der Waals surface area contributed by atoms with E-state index in [9.17, 15) is 9.59 Å². The SMILES string of the molecule is O=C(CNCc1csc(=O)[nH]1)Nc1ccccc1Cl. The van der Waals surface area contributed by atoms with Crippen molar-refractivity contribution < 1.29 is 4.79 Å². The van der Waals surface area contributed by atoms with Crippen LogP contribution in [0.1, 0.15) is 5.69 Å². The van der Waals surface area contributed by atoms with Crippen molar-refractivity contribution in [3.63, 3.8) is 0 Å². The largest absolute Gasteiger partial charge is 0.324 e. The second-order valence-electron chi connectivity index (χ2n) is 3.80. The molecule has 0 aliphatic rings. The molecule has 7 heteroatoms. The summed E-state index contributed by atoms with van der Waals surface area (Å²) in [6.45, 7) is 0.581. The molecule has 0 radical (unpaired) electrons. The fraction of sp³-hybridized carbons (Fsp3) is 0.167. The van der Waals surface area contributed by atoms with Gasteiger partial charge in [-0.2, -0.15) is 0 Å². The van der Waals surface area contributed by atoms with Gasteiger partial charge in [0.15, 0.2) is 0 Å². The number of halogens is 1. The van der Waals surface area contributed by atoms with Crippen LogP contribution in [0.5, 0.6) is 0 Å². The lowest BCUT2D eigenvalue weighted by Crippen LogP contribution is -2.28. The number of hydrogen-bond donors (Lipinski definition) is 3. The maximum Gasteiger partial charge on any atom is 0.304 e. The molecule has 0 saturated heterocycles. The molecule has 1 amide bonds. The summed E-state index contributed by atoms with van der Waals surface area (Å²) in [6, 6.07) is 7.03. The molecule has 2 rings (SSSR count). The third-order valence-corrected chi connectivity index (χ3v) is 3.37. The molecule has 0 unspecified atom stereocenters. The average Bonchev–Trinajstić information content (AvgIpc) is 2.78. The highest BCUT2D eigenvalue weighted by atomic mass is 35.5. The van der Waals surface area contributed by atoms with Crippen LogP contribution in [0.4, 0.5) is 5.69 Å². The fourth-order valence-corrected chi connectivity index (χ4v) is 2.23. The minimum atomic E-state index is -0.189. The molecule has 1 aromatic heterocycles. The first-order valence-corrected chi connectivity index (χ1v) is 6.82. The van der Waals surface area contributed by atoms with Crippen LogP contribution in [0.3, 0.4) is 0 Å². The Balaban J connectivity index is 1.79. The zero-order valence-electron chi connectivity index (χ0n) is 9.90. The molecule has 1 heterocycles. The minimum Gasteiger partial charge on any atom is -0.324 e. The molecule has 0 spiro atoms. The van der Waals surface area contributed by atoms with E-state index in [0.29, 0.717) is 17.3 Å². The Labute approximate surface area is 118 Å². The quantitative estimate of drug-likeness (QED) is 0.788. The maximum atomic E-state index is 11.7. The highest BCUT2D eigenvalue weighted by Gasteiger charge is 2.05. The molecule has 2 aromatic rings. The van der Waals surface area contributed by atoms with Crippen LogP contribution >= 0.6 is 22.9 Å². The molecule has 1 aromatic carbocycles. The van der Waals surface area contributed by atoms with Crippen LogP contribution in [-0.2, 0) is 11.3 Å². The standard InChI is InChI=1S/C12H12ClN3O2S/c13-9-3-1-2-4-10(9)16-11(17)6-14-5-8-7-19-12(18)15-8/h1-4,7,14H,5-6H2,(H,15,18)(H,16,17). The van der Waals surface area contributed by atoms with Gasteiger partial charge in [-0.1, -0.05) is 35.1 Å². The van der Waals surface area contributed by atoms with Gasteiger partial charge in [-0.15, -0.1) is 0 Å². The number of carbonyl (C=O) groups excluding carboxylic acids is 1. The molecule has 0 saturated carbocycles. The van der Waals surface area contributed by atoms with Gasteiger partial charge in [0.1, 0.15) is 0 Å². The van der Waals surface area contributed by atoms with E-state index in [1.54, 1.807) is 29.6 Å². The predicted molar refractivity (Wildman–Crippen MR) is 76.7 cm³/mol. The summed E-state index contributed by atoms with van der Waals surface area (Å²) in [5.41, 5.74) is 1.35. The molecular weight excluding hydrogens is 286 g/mol. The average molecular weight is 298 g/mol. The minimum absolute atomic E-state index is 0.0997. The number of aromatic nitrogens is 1. The van der Waals surface area contributed by atoms with Crippen LogP contribution in [-0.4, -0.2) is 17.4 Å². The number of aromatic amines is 1. The van der Waals surface area contributed by atoms with Gasteiger partial charge in [0.2, 0.25) is 5.91 Å². The molecule has 0 aliphatic carbocycles. The second-order valence-corrected chi connectivity index (χ2v) is 5.05. The van der Waals surface area contributed by atoms with E-state index < -0.39 is 0 Å². The van der Waals surface area contributed by atoms with E-state index in [2.05, 4.69) is 15.6 Å². The smallest absolute Gasteiger partial charge is 0.304 e. The lowest BCUT2D eigenvalue weighted by atomic mass is 10.3. The van der Waals surface area contributed by atoms with Gasteiger partial charge >= 0.3 is 4.87 Å². The first-order chi connectivity index (χ1) is 9.15. The molecule has 0 fully saturated rings. The number of amides is 1. The number of hydrogen-bond acceptors (Lipinski definition) is 4. The van der Waals surface area contributed by atoms with E-state index in [1.165, 1.54) is 0 Å². The van der Waals surface area contributed by atoms with Gasteiger partial charge in [0.25, 0.3) is 0 Å². The van der Waals surface area contributed by atoms with E-state index in [4.69, 9.17) is 11.6 Å². The van der Waals surface area contributed by atoms with Crippen molar-refractivity contribution in [3.05, 3.63) is 50.0 Å². The Morgan fingerprint density at radius 3 is 2.84 bits per heavy atom. The zero-order valence-corrected chi connectivity index (χ0v) is 11.5. The summed E-state index contributed by atoms with van der Waals surface area (Å²) in [5, 5.41) is 7.86. The van der Waals surface area contributed by atoms with E-state index >= 15 is 0 Å². The Hall–Kier alpha value is -1.63. The molecule has 0 atom stereocenters. The van der Waals surface area contributed by atoms with Crippen molar-refractivity contribution in [1.82, 2.24) is 10.3 Å². The number of carbonyl (C=O) groups is 1. The summed E-state index contributed by atoms with van der Waals surface area (Å²) in [6.07, 6.45) is 0. The van der Waals surface area contributed by atoms with Crippen molar-refractivity contribution in [3.8, 4) is 0 Å². The van der Waals surface area contributed by atoms with E-state index in [1.807, 2.05) is 0 Å². The first-order valence-electron chi connectivity index (χ1n) is 5.57. The molecule has 0 bridgehead atoms.